The second kappa shape index (κ2) is 6.13. The Morgan fingerprint density at radius 3 is 2.57 bits per heavy atom. The lowest BCUT2D eigenvalue weighted by Gasteiger charge is -2.40. The van der Waals surface area contributed by atoms with Gasteiger partial charge in [-0.25, -0.2) is 0 Å². The molecule has 0 aliphatic carbocycles. The molecule has 0 saturated carbocycles. The van der Waals surface area contributed by atoms with Crippen LogP contribution in [0.15, 0.2) is 30.3 Å². The van der Waals surface area contributed by atoms with Crippen LogP contribution in [0.2, 0.25) is 0 Å². The number of hydrogen-bond acceptors (Lipinski definition) is 4. The first kappa shape index (κ1) is 14.5. The molecule has 0 aromatic heterocycles. The Bertz CT molecular complexity index is 488. The van der Waals surface area contributed by atoms with Gasteiger partial charge >= 0.3 is 5.97 Å². The third-order valence-corrected chi connectivity index (χ3v) is 4.59. The molecule has 5 nitrogen and oxygen atoms in total. The summed E-state index contributed by atoms with van der Waals surface area (Å²) in [6.45, 7) is 4.94. The van der Waals surface area contributed by atoms with Gasteiger partial charge in [-0.3, -0.25) is 14.6 Å². The first-order valence-electron chi connectivity index (χ1n) is 7.53. The molecule has 1 unspecified atom stereocenters. The molecular formula is C16H22N2O3. The van der Waals surface area contributed by atoms with Crippen molar-refractivity contribution in [3.8, 4) is 0 Å². The van der Waals surface area contributed by atoms with Gasteiger partial charge in [0.2, 0.25) is 0 Å². The molecule has 0 bridgehead atoms. The van der Waals surface area contributed by atoms with E-state index in [0.29, 0.717) is 39.3 Å². The van der Waals surface area contributed by atoms with Gasteiger partial charge in [0.15, 0.2) is 0 Å². The van der Waals surface area contributed by atoms with Crippen LogP contribution < -0.4 is 0 Å². The van der Waals surface area contributed by atoms with Crippen LogP contribution in [0.4, 0.5) is 0 Å². The summed E-state index contributed by atoms with van der Waals surface area (Å²) in [7, 11) is 0. The fraction of sp³-hybridized carbons (Fsp3) is 0.562. The van der Waals surface area contributed by atoms with Gasteiger partial charge in [0.1, 0.15) is 5.54 Å². The largest absolute Gasteiger partial charge is 0.480 e. The van der Waals surface area contributed by atoms with Gasteiger partial charge in [-0.15, -0.1) is 0 Å². The Kier molecular flexibility index (Phi) is 4.24. The van der Waals surface area contributed by atoms with Crippen molar-refractivity contribution in [3.63, 3.8) is 0 Å². The van der Waals surface area contributed by atoms with Gasteiger partial charge in [-0.05, 0) is 12.0 Å². The maximum Gasteiger partial charge on any atom is 0.325 e. The number of hydrogen-bond donors (Lipinski definition) is 1. The van der Waals surface area contributed by atoms with Crippen molar-refractivity contribution in [1.82, 2.24) is 9.80 Å². The van der Waals surface area contributed by atoms with E-state index in [4.69, 9.17) is 4.74 Å². The molecule has 2 aliphatic rings. The molecule has 2 aliphatic heterocycles. The molecule has 2 saturated heterocycles. The average molecular weight is 290 g/mol. The molecule has 21 heavy (non-hydrogen) atoms. The van der Waals surface area contributed by atoms with E-state index in [2.05, 4.69) is 21.9 Å². The number of likely N-dealkylation sites (tertiary alicyclic amines) is 1. The minimum atomic E-state index is -0.738. The molecule has 0 amide bonds. The Labute approximate surface area is 125 Å². The standard InChI is InChI=1S/C16H22N2O3/c19-15(20)16(18-8-10-21-11-9-18)6-7-17(13-16)12-14-4-2-1-3-5-14/h1-5H,6-13H2,(H,19,20). The maximum absolute atomic E-state index is 11.9. The van der Waals surface area contributed by atoms with Crippen molar-refractivity contribution < 1.29 is 14.6 Å². The smallest absolute Gasteiger partial charge is 0.325 e. The predicted octanol–water partition coefficient (Wildman–Crippen LogP) is 1.05. The van der Waals surface area contributed by atoms with E-state index in [1.807, 2.05) is 18.2 Å². The van der Waals surface area contributed by atoms with Crippen molar-refractivity contribution >= 4 is 5.97 Å². The van der Waals surface area contributed by atoms with Crippen LogP contribution >= 0.6 is 0 Å². The van der Waals surface area contributed by atoms with Gasteiger partial charge in [0, 0.05) is 32.7 Å². The van der Waals surface area contributed by atoms with Crippen LogP contribution in [0.1, 0.15) is 12.0 Å². The summed E-state index contributed by atoms with van der Waals surface area (Å²) >= 11 is 0. The quantitative estimate of drug-likeness (QED) is 0.898. The number of benzene rings is 1. The average Bonchev–Trinajstić information content (AvgIpc) is 2.94. The van der Waals surface area contributed by atoms with Crippen molar-refractivity contribution in [2.75, 3.05) is 39.4 Å². The van der Waals surface area contributed by atoms with Crippen LogP contribution in [0, 0.1) is 0 Å². The lowest BCUT2D eigenvalue weighted by molar-refractivity contribution is -0.154. The predicted molar refractivity (Wildman–Crippen MR) is 79.1 cm³/mol. The number of carboxylic acid groups (broad SMARTS) is 1. The fourth-order valence-electron chi connectivity index (χ4n) is 3.41. The molecule has 1 atom stereocenters. The zero-order valence-electron chi connectivity index (χ0n) is 12.2. The second-order valence-corrected chi connectivity index (χ2v) is 5.88. The summed E-state index contributed by atoms with van der Waals surface area (Å²) in [4.78, 5) is 16.3. The third-order valence-electron chi connectivity index (χ3n) is 4.59. The molecule has 1 aromatic rings. The lowest BCUT2D eigenvalue weighted by atomic mass is 9.95. The first-order valence-corrected chi connectivity index (χ1v) is 7.53. The lowest BCUT2D eigenvalue weighted by Crippen LogP contribution is -2.59. The molecule has 0 radical (unpaired) electrons. The van der Waals surface area contributed by atoms with Gasteiger partial charge in [0.25, 0.3) is 0 Å². The van der Waals surface area contributed by atoms with E-state index in [1.165, 1.54) is 5.56 Å². The summed E-state index contributed by atoms with van der Waals surface area (Å²) < 4.78 is 5.36. The normalized spacial score (nSPS) is 27.8. The Hall–Kier alpha value is -1.43. The number of morpholine rings is 1. The van der Waals surface area contributed by atoms with Crippen molar-refractivity contribution in [2.45, 2.75) is 18.5 Å². The first-order chi connectivity index (χ1) is 10.2. The number of ether oxygens (including phenoxy) is 1. The molecule has 3 rings (SSSR count). The van der Waals surface area contributed by atoms with E-state index in [9.17, 15) is 9.90 Å². The Morgan fingerprint density at radius 1 is 1.19 bits per heavy atom. The highest BCUT2D eigenvalue weighted by molar-refractivity contribution is 5.79. The number of aliphatic carboxylic acids is 1. The monoisotopic (exact) mass is 290 g/mol. The zero-order valence-corrected chi connectivity index (χ0v) is 12.2. The minimum Gasteiger partial charge on any atom is -0.480 e. The van der Waals surface area contributed by atoms with Gasteiger partial charge in [-0.1, -0.05) is 30.3 Å². The summed E-state index contributed by atoms with van der Waals surface area (Å²) in [5, 5.41) is 9.79. The van der Waals surface area contributed by atoms with Crippen LogP contribution in [-0.4, -0.2) is 65.8 Å². The highest BCUT2D eigenvalue weighted by Crippen LogP contribution is 2.30. The Morgan fingerprint density at radius 2 is 1.90 bits per heavy atom. The van der Waals surface area contributed by atoms with E-state index in [0.717, 1.165) is 13.1 Å². The van der Waals surface area contributed by atoms with E-state index in [-0.39, 0.29) is 0 Å². The van der Waals surface area contributed by atoms with Crippen molar-refractivity contribution in [1.29, 1.82) is 0 Å². The van der Waals surface area contributed by atoms with Crippen LogP contribution in [0.3, 0.4) is 0 Å². The van der Waals surface area contributed by atoms with Crippen molar-refractivity contribution in [3.05, 3.63) is 35.9 Å². The molecule has 1 aromatic carbocycles. The summed E-state index contributed by atoms with van der Waals surface area (Å²) in [6, 6.07) is 10.2. The second-order valence-electron chi connectivity index (χ2n) is 5.88. The summed E-state index contributed by atoms with van der Waals surface area (Å²) in [5.41, 5.74) is 0.499. The number of carboxylic acids is 1. The molecule has 1 N–H and O–H groups in total. The molecule has 0 spiro atoms. The molecule has 114 valence electrons. The number of carbonyl (C=O) groups is 1. The van der Waals surface area contributed by atoms with Crippen LogP contribution in [0.5, 0.6) is 0 Å². The maximum atomic E-state index is 11.9. The van der Waals surface area contributed by atoms with E-state index >= 15 is 0 Å². The number of rotatable bonds is 4. The van der Waals surface area contributed by atoms with Gasteiger partial charge in [0.05, 0.1) is 13.2 Å². The van der Waals surface area contributed by atoms with E-state index < -0.39 is 11.5 Å². The highest BCUT2D eigenvalue weighted by atomic mass is 16.5. The van der Waals surface area contributed by atoms with Gasteiger partial charge < -0.3 is 9.84 Å². The third kappa shape index (κ3) is 2.95. The number of nitrogens with zero attached hydrogens (tertiary/aromatic N) is 2. The molecule has 5 heteroatoms. The SMILES string of the molecule is O=C(O)C1(N2CCOCC2)CCN(Cc2ccccc2)C1. The van der Waals surface area contributed by atoms with Crippen LogP contribution in [0.25, 0.3) is 0 Å². The van der Waals surface area contributed by atoms with E-state index in [1.54, 1.807) is 0 Å². The molecule has 2 heterocycles. The zero-order chi connectivity index (χ0) is 14.7. The molecular weight excluding hydrogens is 268 g/mol. The minimum absolute atomic E-state index is 0.594. The topological polar surface area (TPSA) is 53.0 Å². The Balaban J connectivity index is 1.71. The summed E-state index contributed by atoms with van der Waals surface area (Å²) in [6.07, 6.45) is 0.690. The molecule has 2 fully saturated rings. The van der Waals surface area contributed by atoms with Crippen LogP contribution in [-0.2, 0) is 16.1 Å². The fourth-order valence-corrected chi connectivity index (χ4v) is 3.41. The summed E-state index contributed by atoms with van der Waals surface area (Å²) in [5.74, 6) is -0.694. The van der Waals surface area contributed by atoms with Gasteiger partial charge in [-0.2, -0.15) is 0 Å². The van der Waals surface area contributed by atoms with Crippen molar-refractivity contribution in [2.24, 2.45) is 0 Å². The highest BCUT2D eigenvalue weighted by Gasteiger charge is 2.49.